The molecule has 6 heteroatoms. The molecule has 6 nitrogen and oxygen atoms in total. The van der Waals surface area contributed by atoms with Crippen LogP contribution >= 0.6 is 0 Å². The largest absolute Gasteiger partial charge is 0.368 e. The van der Waals surface area contributed by atoms with Gasteiger partial charge in [0, 0.05) is 12.4 Å². The number of rotatable bonds is 5. The Morgan fingerprint density at radius 1 is 1.42 bits per heavy atom. The zero-order chi connectivity index (χ0) is 18.8. The molecule has 142 valence electrons. The molecule has 0 radical (unpaired) electrons. The Kier molecular flexibility index (Phi) is 5.61. The smallest absolute Gasteiger partial charge is 0.250 e. The topological polar surface area (TPSA) is 69.0 Å². The van der Waals surface area contributed by atoms with Gasteiger partial charge in [0.15, 0.2) is 5.65 Å². The molecule has 3 atom stereocenters. The molecule has 1 aliphatic rings. The Morgan fingerprint density at radius 3 is 2.92 bits per heavy atom. The number of hydrogen-bond acceptors (Lipinski definition) is 4. The number of anilines is 1. The van der Waals surface area contributed by atoms with Gasteiger partial charge in [0.2, 0.25) is 5.91 Å². The monoisotopic (exact) mass is 358 g/mol. The molecule has 2 heterocycles. The van der Waals surface area contributed by atoms with E-state index in [4.69, 9.17) is 4.74 Å². The van der Waals surface area contributed by atoms with Crippen molar-refractivity contribution in [3.8, 4) is 0 Å². The van der Waals surface area contributed by atoms with Gasteiger partial charge in [0.25, 0.3) is 0 Å². The van der Waals surface area contributed by atoms with Crippen LogP contribution in [0.15, 0.2) is 12.3 Å². The molecule has 0 aromatic carbocycles. The fraction of sp³-hybridized carbons (Fsp3) is 0.650. The molecular formula is C20H30N4O2. The number of aromatic nitrogens is 3. The van der Waals surface area contributed by atoms with Crippen LogP contribution in [0, 0.1) is 24.7 Å². The fourth-order valence-electron chi connectivity index (χ4n) is 4.06. The summed E-state index contributed by atoms with van der Waals surface area (Å²) in [6.07, 6.45) is 5.32. The summed E-state index contributed by atoms with van der Waals surface area (Å²) in [5.74, 6) is 1.65. The number of fused-ring (bicyclic) bond motifs is 1. The number of aryl methyl sites for hydroxylation is 2. The first-order valence-corrected chi connectivity index (χ1v) is 9.56. The third kappa shape index (κ3) is 4.06. The van der Waals surface area contributed by atoms with Crippen LogP contribution in [0.2, 0.25) is 0 Å². The number of nitrogens with one attached hydrogen (secondary N) is 1. The molecule has 26 heavy (non-hydrogen) atoms. The van der Waals surface area contributed by atoms with Crippen molar-refractivity contribution in [1.29, 1.82) is 0 Å². The Hall–Kier alpha value is -1.95. The number of ether oxygens (including phenoxy) is 1. The van der Waals surface area contributed by atoms with E-state index in [2.05, 4.69) is 36.2 Å². The molecule has 2 aromatic rings. The summed E-state index contributed by atoms with van der Waals surface area (Å²) in [6, 6.07) is 1.92. The molecule has 1 aliphatic carbocycles. The molecule has 0 spiro atoms. The standard InChI is InChI=1S/C20H30N4O2/c1-12(2)16-7-6-13(3)8-18(16)26-11-19(25)22-15-9-17-14(4)23-24(5)20(17)21-10-15/h9-10,12-13,16,18H,6-8,11H2,1-5H3,(H,22,25)/t13-,16+,18+/m0/s1. The summed E-state index contributed by atoms with van der Waals surface area (Å²) in [6.45, 7) is 8.78. The van der Waals surface area contributed by atoms with Gasteiger partial charge in [0.05, 0.1) is 23.7 Å². The van der Waals surface area contributed by atoms with Crippen molar-refractivity contribution < 1.29 is 9.53 Å². The van der Waals surface area contributed by atoms with Gasteiger partial charge in [-0.1, -0.05) is 27.2 Å². The second-order valence-corrected chi connectivity index (χ2v) is 8.03. The normalized spacial score (nSPS) is 23.5. The predicted molar refractivity (Wildman–Crippen MR) is 103 cm³/mol. The van der Waals surface area contributed by atoms with Crippen molar-refractivity contribution in [2.24, 2.45) is 24.8 Å². The van der Waals surface area contributed by atoms with E-state index in [0.717, 1.165) is 23.1 Å². The van der Waals surface area contributed by atoms with Crippen LogP contribution in [0.5, 0.6) is 0 Å². The first-order valence-electron chi connectivity index (χ1n) is 9.56. The molecule has 1 saturated carbocycles. The van der Waals surface area contributed by atoms with E-state index in [9.17, 15) is 4.79 Å². The molecule has 0 unspecified atom stereocenters. The van der Waals surface area contributed by atoms with Gasteiger partial charge in [-0.05, 0) is 43.6 Å². The lowest BCUT2D eigenvalue weighted by atomic mass is 9.75. The van der Waals surface area contributed by atoms with Crippen molar-refractivity contribution in [1.82, 2.24) is 14.8 Å². The van der Waals surface area contributed by atoms with Gasteiger partial charge < -0.3 is 10.1 Å². The average Bonchev–Trinajstić information content (AvgIpc) is 2.86. The van der Waals surface area contributed by atoms with Gasteiger partial charge >= 0.3 is 0 Å². The van der Waals surface area contributed by atoms with Gasteiger partial charge in [-0.25, -0.2) is 4.98 Å². The van der Waals surface area contributed by atoms with Crippen LogP contribution in [-0.2, 0) is 16.6 Å². The van der Waals surface area contributed by atoms with Crippen molar-refractivity contribution in [2.45, 2.75) is 53.1 Å². The maximum atomic E-state index is 12.4. The highest BCUT2D eigenvalue weighted by Gasteiger charge is 2.31. The number of amides is 1. The molecule has 1 N–H and O–H groups in total. The summed E-state index contributed by atoms with van der Waals surface area (Å²) in [7, 11) is 1.87. The Balaban J connectivity index is 1.61. The molecule has 1 fully saturated rings. The minimum absolute atomic E-state index is 0.0880. The van der Waals surface area contributed by atoms with E-state index in [1.807, 2.05) is 20.0 Å². The van der Waals surface area contributed by atoms with Crippen LogP contribution in [0.25, 0.3) is 11.0 Å². The lowest BCUT2D eigenvalue weighted by molar-refractivity contribution is -0.126. The second kappa shape index (κ2) is 7.74. The molecule has 0 aliphatic heterocycles. The molecular weight excluding hydrogens is 328 g/mol. The number of hydrogen-bond donors (Lipinski definition) is 1. The Labute approximate surface area is 155 Å². The van der Waals surface area contributed by atoms with Crippen molar-refractivity contribution in [3.05, 3.63) is 18.0 Å². The first kappa shape index (κ1) is 18.8. The van der Waals surface area contributed by atoms with E-state index < -0.39 is 0 Å². The van der Waals surface area contributed by atoms with Crippen molar-refractivity contribution in [3.63, 3.8) is 0 Å². The summed E-state index contributed by atoms with van der Waals surface area (Å²) in [4.78, 5) is 16.7. The van der Waals surface area contributed by atoms with Crippen LogP contribution in [0.1, 0.15) is 45.7 Å². The lowest BCUT2D eigenvalue weighted by Gasteiger charge is -2.37. The molecule has 0 bridgehead atoms. The van der Waals surface area contributed by atoms with E-state index in [-0.39, 0.29) is 18.6 Å². The first-order chi connectivity index (χ1) is 12.3. The highest BCUT2D eigenvalue weighted by atomic mass is 16.5. The predicted octanol–water partition coefficient (Wildman–Crippen LogP) is 3.69. The number of nitrogens with zero attached hydrogens (tertiary/aromatic N) is 3. The van der Waals surface area contributed by atoms with Crippen LogP contribution < -0.4 is 5.32 Å². The maximum absolute atomic E-state index is 12.4. The van der Waals surface area contributed by atoms with Gasteiger partial charge in [-0.15, -0.1) is 0 Å². The lowest BCUT2D eigenvalue weighted by Crippen LogP contribution is -2.36. The van der Waals surface area contributed by atoms with E-state index >= 15 is 0 Å². The van der Waals surface area contributed by atoms with Crippen molar-refractivity contribution in [2.75, 3.05) is 11.9 Å². The Morgan fingerprint density at radius 2 is 2.19 bits per heavy atom. The molecule has 3 rings (SSSR count). The minimum atomic E-state index is -0.131. The zero-order valence-electron chi connectivity index (χ0n) is 16.5. The minimum Gasteiger partial charge on any atom is -0.368 e. The zero-order valence-corrected chi connectivity index (χ0v) is 16.5. The van der Waals surface area contributed by atoms with Gasteiger partial charge in [0.1, 0.15) is 6.61 Å². The third-order valence-electron chi connectivity index (χ3n) is 5.54. The highest BCUT2D eigenvalue weighted by molar-refractivity contribution is 5.93. The van der Waals surface area contributed by atoms with Crippen LogP contribution in [-0.4, -0.2) is 33.4 Å². The molecule has 0 saturated heterocycles. The molecule has 2 aromatic heterocycles. The van der Waals surface area contributed by atoms with Gasteiger partial charge in [-0.3, -0.25) is 9.48 Å². The maximum Gasteiger partial charge on any atom is 0.250 e. The third-order valence-corrected chi connectivity index (χ3v) is 5.54. The number of carbonyl (C=O) groups excluding carboxylic acids is 1. The van der Waals surface area contributed by atoms with E-state index in [1.54, 1.807) is 10.9 Å². The Bertz CT molecular complexity index is 783. The quantitative estimate of drug-likeness (QED) is 0.885. The summed E-state index contributed by atoms with van der Waals surface area (Å²) < 4.78 is 7.77. The fourth-order valence-corrected chi connectivity index (χ4v) is 4.06. The van der Waals surface area contributed by atoms with E-state index in [1.165, 1.54) is 12.8 Å². The SMILES string of the molecule is Cc1nn(C)c2ncc(NC(=O)CO[C@@H]3C[C@@H](C)CC[C@@H]3C(C)C)cc12. The summed E-state index contributed by atoms with van der Waals surface area (Å²) in [5, 5.41) is 8.21. The highest BCUT2D eigenvalue weighted by Crippen LogP contribution is 2.35. The summed E-state index contributed by atoms with van der Waals surface area (Å²) >= 11 is 0. The van der Waals surface area contributed by atoms with E-state index in [0.29, 0.717) is 23.4 Å². The average molecular weight is 358 g/mol. The summed E-state index contributed by atoms with van der Waals surface area (Å²) in [5.41, 5.74) is 2.39. The second-order valence-electron chi connectivity index (χ2n) is 8.03. The van der Waals surface area contributed by atoms with Crippen molar-refractivity contribution >= 4 is 22.6 Å². The number of pyridine rings is 1. The van der Waals surface area contributed by atoms with Gasteiger partial charge in [-0.2, -0.15) is 5.10 Å². The number of carbonyl (C=O) groups is 1. The van der Waals surface area contributed by atoms with Crippen LogP contribution in [0.4, 0.5) is 5.69 Å². The molecule has 1 amide bonds. The van der Waals surface area contributed by atoms with Crippen LogP contribution in [0.3, 0.4) is 0 Å².